The van der Waals surface area contributed by atoms with Crippen LogP contribution in [0.3, 0.4) is 0 Å². The number of carbonyl (C=O) groups excluding carboxylic acids is 1. The lowest BCUT2D eigenvalue weighted by atomic mass is 10.1. The highest BCUT2D eigenvalue weighted by Crippen LogP contribution is 2.26. The van der Waals surface area contributed by atoms with Crippen LogP contribution in [0.4, 0.5) is 22.0 Å². The van der Waals surface area contributed by atoms with Crippen molar-refractivity contribution in [2.24, 2.45) is 0 Å². The number of halogens is 5. The SMILES string of the molecule is O=C(Oc1ccc(Oc2ccccc2)cc1)c1c(F)c(F)c(F)c(F)c1F. The van der Waals surface area contributed by atoms with E-state index < -0.39 is 40.6 Å². The Morgan fingerprint density at radius 1 is 0.593 bits per heavy atom. The van der Waals surface area contributed by atoms with Gasteiger partial charge >= 0.3 is 5.97 Å². The molecule has 0 aromatic heterocycles. The lowest BCUT2D eigenvalue weighted by Crippen LogP contribution is -2.17. The molecule has 0 bridgehead atoms. The normalized spacial score (nSPS) is 10.6. The van der Waals surface area contributed by atoms with Gasteiger partial charge in [0.1, 0.15) is 22.8 Å². The zero-order chi connectivity index (χ0) is 19.6. The minimum absolute atomic E-state index is 0.177. The topological polar surface area (TPSA) is 35.5 Å². The smallest absolute Gasteiger partial charge is 0.349 e. The van der Waals surface area contributed by atoms with Crippen LogP contribution >= 0.6 is 0 Å². The molecule has 0 aliphatic carbocycles. The summed E-state index contributed by atoms with van der Waals surface area (Å²) in [7, 11) is 0. The first-order valence-corrected chi connectivity index (χ1v) is 7.45. The average Bonchev–Trinajstić information content (AvgIpc) is 2.67. The fourth-order valence-electron chi connectivity index (χ4n) is 2.14. The summed E-state index contributed by atoms with van der Waals surface area (Å²) in [5.41, 5.74) is -1.67. The standard InChI is InChI=1S/C19H9F5O3/c20-14-13(15(21)17(23)18(24)16(14)22)19(25)27-12-8-6-11(7-9-12)26-10-4-2-1-3-5-10/h1-9H. The van der Waals surface area contributed by atoms with Gasteiger partial charge in [0.15, 0.2) is 23.3 Å². The maximum Gasteiger partial charge on any atom is 0.349 e. The molecule has 0 saturated heterocycles. The molecule has 27 heavy (non-hydrogen) atoms. The van der Waals surface area contributed by atoms with Crippen molar-refractivity contribution >= 4 is 5.97 Å². The van der Waals surface area contributed by atoms with Crippen LogP contribution in [0.1, 0.15) is 10.4 Å². The van der Waals surface area contributed by atoms with Crippen molar-refractivity contribution in [3.8, 4) is 17.2 Å². The van der Waals surface area contributed by atoms with E-state index in [2.05, 4.69) is 4.74 Å². The molecule has 3 rings (SSSR count). The molecule has 0 fully saturated rings. The average molecular weight is 380 g/mol. The molecule has 0 aliphatic rings. The van der Waals surface area contributed by atoms with Crippen LogP contribution in [0.15, 0.2) is 54.6 Å². The number of carbonyl (C=O) groups is 1. The van der Waals surface area contributed by atoms with E-state index in [1.807, 2.05) is 0 Å². The number of para-hydroxylation sites is 1. The second-order valence-corrected chi connectivity index (χ2v) is 5.22. The largest absolute Gasteiger partial charge is 0.457 e. The van der Waals surface area contributed by atoms with Crippen molar-refractivity contribution in [3.63, 3.8) is 0 Å². The Hall–Kier alpha value is -3.42. The molecule has 0 aliphatic heterocycles. The van der Waals surface area contributed by atoms with Crippen molar-refractivity contribution in [1.82, 2.24) is 0 Å². The van der Waals surface area contributed by atoms with Crippen LogP contribution < -0.4 is 9.47 Å². The van der Waals surface area contributed by atoms with E-state index in [0.29, 0.717) is 11.5 Å². The monoisotopic (exact) mass is 380 g/mol. The number of hydrogen-bond acceptors (Lipinski definition) is 3. The molecule has 8 heteroatoms. The van der Waals surface area contributed by atoms with Gasteiger partial charge in [-0.25, -0.2) is 26.7 Å². The lowest BCUT2D eigenvalue weighted by molar-refractivity contribution is 0.0720. The first-order chi connectivity index (χ1) is 12.9. The fraction of sp³-hybridized carbons (Fsp3) is 0. The Morgan fingerprint density at radius 3 is 1.59 bits per heavy atom. The third-order valence-corrected chi connectivity index (χ3v) is 3.43. The summed E-state index contributed by atoms with van der Waals surface area (Å²) in [6.45, 7) is 0. The summed E-state index contributed by atoms with van der Waals surface area (Å²) >= 11 is 0. The summed E-state index contributed by atoms with van der Waals surface area (Å²) in [6.07, 6.45) is 0. The molecule has 0 spiro atoms. The van der Waals surface area contributed by atoms with Crippen molar-refractivity contribution < 1.29 is 36.2 Å². The van der Waals surface area contributed by atoms with E-state index in [1.165, 1.54) is 24.3 Å². The van der Waals surface area contributed by atoms with E-state index in [9.17, 15) is 26.7 Å². The number of rotatable bonds is 4. The summed E-state index contributed by atoms with van der Waals surface area (Å²) in [4.78, 5) is 11.9. The first kappa shape index (κ1) is 18.4. The van der Waals surface area contributed by atoms with Crippen LogP contribution in [0.5, 0.6) is 17.2 Å². The van der Waals surface area contributed by atoms with Crippen molar-refractivity contribution in [2.75, 3.05) is 0 Å². The molecule has 0 atom stereocenters. The molecule has 0 saturated carbocycles. The van der Waals surface area contributed by atoms with Crippen LogP contribution in [0, 0.1) is 29.1 Å². The van der Waals surface area contributed by atoms with Crippen LogP contribution in [-0.4, -0.2) is 5.97 Å². The second kappa shape index (κ2) is 7.45. The predicted molar refractivity (Wildman–Crippen MR) is 84.1 cm³/mol. The summed E-state index contributed by atoms with van der Waals surface area (Å²) in [6, 6.07) is 14.0. The molecule has 138 valence electrons. The predicted octanol–water partition coefficient (Wildman–Crippen LogP) is 5.39. The number of esters is 1. The van der Waals surface area contributed by atoms with Crippen molar-refractivity contribution in [3.05, 3.63) is 89.2 Å². The highest BCUT2D eigenvalue weighted by molar-refractivity contribution is 5.91. The second-order valence-electron chi connectivity index (χ2n) is 5.22. The zero-order valence-electron chi connectivity index (χ0n) is 13.3. The van der Waals surface area contributed by atoms with Crippen molar-refractivity contribution in [2.45, 2.75) is 0 Å². The summed E-state index contributed by atoms with van der Waals surface area (Å²) in [5, 5.41) is 0. The van der Waals surface area contributed by atoms with E-state index in [-0.39, 0.29) is 5.75 Å². The minimum atomic E-state index is -2.36. The third-order valence-electron chi connectivity index (χ3n) is 3.43. The summed E-state index contributed by atoms with van der Waals surface area (Å²) in [5.74, 6) is -12.3. The molecule has 0 radical (unpaired) electrons. The Morgan fingerprint density at radius 2 is 1.04 bits per heavy atom. The number of hydrogen-bond donors (Lipinski definition) is 0. The van der Waals surface area contributed by atoms with Crippen molar-refractivity contribution in [1.29, 1.82) is 0 Å². The van der Waals surface area contributed by atoms with E-state index >= 15 is 0 Å². The Balaban J connectivity index is 1.79. The van der Waals surface area contributed by atoms with Gasteiger partial charge in [-0.1, -0.05) is 18.2 Å². The molecule has 0 amide bonds. The van der Waals surface area contributed by atoms with Gasteiger partial charge in [-0.15, -0.1) is 0 Å². The molecule has 0 unspecified atom stereocenters. The van der Waals surface area contributed by atoms with Crippen LogP contribution in [0.2, 0.25) is 0 Å². The highest BCUT2D eigenvalue weighted by atomic mass is 19.2. The van der Waals surface area contributed by atoms with E-state index in [4.69, 9.17) is 4.74 Å². The Kier molecular flexibility index (Phi) is 5.07. The first-order valence-electron chi connectivity index (χ1n) is 7.45. The highest BCUT2D eigenvalue weighted by Gasteiger charge is 2.30. The van der Waals surface area contributed by atoms with Gasteiger partial charge in [0.25, 0.3) is 0 Å². The molecule has 0 heterocycles. The van der Waals surface area contributed by atoms with Crippen LogP contribution in [-0.2, 0) is 0 Å². The minimum Gasteiger partial charge on any atom is -0.457 e. The third kappa shape index (κ3) is 3.74. The molecule has 3 aromatic rings. The van der Waals surface area contributed by atoms with Gasteiger partial charge in [-0.3, -0.25) is 0 Å². The zero-order valence-corrected chi connectivity index (χ0v) is 13.3. The van der Waals surface area contributed by atoms with Gasteiger partial charge in [-0.05, 0) is 36.4 Å². The van der Waals surface area contributed by atoms with Gasteiger partial charge < -0.3 is 9.47 Å². The molecular weight excluding hydrogens is 371 g/mol. The fourth-order valence-corrected chi connectivity index (χ4v) is 2.14. The molecular formula is C19H9F5O3. The molecule has 3 aromatic carbocycles. The molecule has 0 N–H and O–H groups in total. The lowest BCUT2D eigenvalue weighted by Gasteiger charge is -2.09. The molecule has 3 nitrogen and oxygen atoms in total. The van der Waals surface area contributed by atoms with Crippen LogP contribution in [0.25, 0.3) is 0 Å². The van der Waals surface area contributed by atoms with Gasteiger partial charge in [0.05, 0.1) is 0 Å². The van der Waals surface area contributed by atoms with E-state index in [1.54, 1.807) is 30.3 Å². The quantitative estimate of drug-likeness (QED) is 0.200. The number of ether oxygens (including phenoxy) is 2. The van der Waals surface area contributed by atoms with Gasteiger partial charge in [0.2, 0.25) is 5.82 Å². The van der Waals surface area contributed by atoms with Gasteiger partial charge in [0, 0.05) is 0 Å². The summed E-state index contributed by atoms with van der Waals surface area (Å²) < 4.78 is 76.8. The maximum absolute atomic E-state index is 13.6. The number of benzene rings is 3. The Labute approximate surface area is 149 Å². The van der Waals surface area contributed by atoms with Gasteiger partial charge in [-0.2, -0.15) is 0 Å². The maximum atomic E-state index is 13.6. The Bertz CT molecular complexity index is 959. The van der Waals surface area contributed by atoms with E-state index in [0.717, 1.165) is 0 Å².